The molecule has 7 heteroatoms. The van der Waals surface area contributed by atoms with Gasteiger partial charge in [0.15, 0.2) is 5.11 Å². The predicted molar refractivity (Wildman–Crippen MR) is 141 cm³/mol. The lowest BCUT2D eigenvalue weighted by Crippen LogP contribution is -2.29. The molecule has 172 valence electrons. The second-order valence-corrected chi connectivity index (χ2v) is 9.11. The van der Waals surface area contributed by atoms with Gasteiger partial charge in [0.1, 0.15) is 5.75 Å². The molecule has 1 N–H and O–H groups in total. The Hall–Kier alpha value is -3.35. The van der Waals surface area contributed by atoms with Crippen LogP contribution >= 0.6 is 23.8 Å². The van der Waals surface area contributed by atoms with Crippen LogP contribution in [0.5, 0.6) is 5.75 Å². The number of para-hydroxylation sites is 1. The monoisotopic (exact) mass is 488 g/mol. The summed E-state index contributed by atoms with van der Waals surface area (Å²) in [5.74, 6) is 0.628. The van der Waals surface area contributed by atoms with Gasteiger partial charge in [-0.05, 0) is 80.2 Å². The van der Waals surface area contributed by atoms with Crippen LogP contribution in [0.15, 0.2) is 79.0 Å². The highest BCUT2D eigenvalue weighted by Crippen LogP contribution is 2.44. The van der Waals surface area contributed by atoms with E-state index < -0.39 is 0 Å². The van der Waals surface area contributed by atoms with Gasteiger partial charge >= 0.3 is 0 Å². The summed E-state index contributed by atoms with van der Waals surface area (Å²) in [5, 5.41) is 4.69. The van der Waals surface area contributed by atoms with Crippen LogP contribution in [0.4, 0.5) is 5.69 Å². The van der Waals surface area contributed by atoms with E-state index in [1.54, 1.807) is 7.11 Å². The van der Waals surface area contributed by atoms with Gasteiger partial charge in [-0.15, -0.1) is 0 Å². The fourth-order valence-corrected chi connectivity index (χ4v) is 5.41. The zero-order valence-corrected chi connectivity index (χ0v) is 20.8. The molecular formula is C27H25ClN4OS. The molecule has 2 atom stereocenters. The molecule has 0 amide bonds. The number of ether oxygens (including phenoxy) is 1. The predicted octanol–water partition coefficient (Wildman–Crippen LogP) is 6.33. The Morgan fingerprint density at radius 3 is 2.41 bits per heavy atom. The molecule has 2 aromatic carbocycles. The van der Waals surface area contributed by atoms with Gasteiger partial charge in [-0.3, -0.25) is 4.98 Å². The Balaban J connectivity index is 1.68. The van der Waals surface area contributed by atoms with Crippen molar-refractivity contribution in [3.05, 3.63) is 107 Å². The number of pyridine rings is 1. The van der Waals surface area contributed by atoms with Crippen molar-refractivity contribution in [2.45, 2.75) is 25.9 Å². The molecule has 1 aliphatic rings. The molecule has 1 saturated heterocycles. The number of aromatic nitrogens is 2. The van der Waals surface area contributed by atoms with E-state index in [9.17, 15) is 0 Å². The minimum absolute atomic E-state index is 0.115. The molecule has 2 aromatic heterocycles. The van der Waals surface area contributed by atoms with Gasteiger partial charge in [0.05, 0.1) is 29.9 Å². The Bertz CT molecular complexity index is 1340. The maximum absolute atomic E-state index is 6.51. The minimum atomic E-state index is -0.126. The fourth-order valence-electron chi connectivity index (χ4n) is 4.82. The highest BCUT2D eigenvalue weighted by atomic mass is 35.5. The van der Waals surface area contributed by atoms with Crippen LogP contribution in [0, 0.1) is 13.8 Å². The van der Waals surface area contributed by atoms with Crippen LogP contribution in [0.2, 0.25) is 5.02 Å². The van der Waals surface area contributed by atoms with Gasteiger partial charge in [0.25, 0.3) is 0 Å². The number of nitrogens with one attached hydrogen (secondary N) is 1. The first-order chi connectivity index (χ1) is 16.5. The number of thiocarbonyl (C=S) groups is 1. The molecule has 1 aliphatic heterocycles. The zero-order valence-electron chi connectivity index (χ0n) is 19.2. The Morgan fingerprint density at radius 1 is 0.971 bits per heavy atom. The van der Waals surface area contributed by atoms with Crippen molar-refractivity contribution in [1.82, 2.24) is 14.9 Å². The molecule has 0 radical (unpaired) electrons. The molecular weight excluding hydrogens is 464 g/mol. The molecule has 3 heterocycles. The van der Waals surface area contributed by atoms with E-state index in [0.717, 1.165) is 28.5 Å². The number of aryl methyl sites for hydroxylation is 1. The van der Waals surface area contributed by atoms with Gasteiger partial charge < -0.3 is 19.5 Å². The van der Waals surface area contributed by atoms with Crippen LogP contribution in [0.25, 0.3) is 5.69 Å². The first kappa shape index (κ1) is 22.4. The molecule has 0 aliphatic carbocycles. The normalized spacial score (nSPS) is 17.6. The van der Waals surface area contributed by atoms with Crippen molar-refractivity contribution in [2.24, 2.45) is 0 Å². The number of nitrogens with zero attached hydrogens (tertiary/aromatic N) is 3. The molecule has 4 aromatic rings. The molecule has 5 nitrogen and oxygen atoms in total. The average Bonchev–Trinajstić information content (AvgIpc) is 3.35. The summed E-state index contributed by atoms with van der Waals surface area (Å²) < 4.78 is 7.65. The summed E-state index contributed by atoms with van der Waals surface area (Å²) >= 11 is 12.4. The van der Waals surface area contributed by atoms with E-state index >= 15 is 0 Å². The number of rotatable bonds is 5. The number of halogens is 1. The second kappa shape index (κ2) is 9.12. The number of anilines is 1. The summed E-state index contributed by atoms with van der Waals surface area (Å²) in [6.45, 7) is 4.29. The minimum Gasteiger partial charge on any atom is -0.495 e. The van der Waals surface area contributed by atoms with Crippen molar-refractivity contribution in [3.63, 3.8) is 0 Å². The van der Waals surface area contributed by atoms with Crippen molar-refractivity contribution in [1.29, 1.82) is 0 Å². The van der Waals surface area contributed by atoms with Crippen molar-refractivity contribution in [2.75, 3.05) is 12.0 Å². The van der Waals surface area contributed by atoms with Crippen molar-refractivity contribution in [3.8, 4) is 11.4 Å². The molecule has 0 bridgehead atoms. The highest BCUT2D eigenvalue weighted by Gasteiger charge is 2.42. The summed E-state index contributed by atoms with van der Waals surface area (Å²) in [6.07, 6.45) is 1.82. The van der Waals surface area contributed by atoms with Crippen LogP contribution in [0.3, 0.4) is 0 Å². The standard InChI is InChI=1S/C27H25ClN4OS/c1-17-15-21(18(2)31(17)19-9-5-4-6-10-19)26-25(23-11-7-8-14-29-23)30-27(34)32(26)20-12-13-24(33-3)22(28)16-20/h4-16,25-26H,1-3H3,(H,30,34)/t25-,26+/m0/s1. The van der Waals surface area contributed by atoms with E-state index in [4.69, 9.17) is 28.6 Å². The maximum Gasteiger partial charge on any atom is 0.174 e. The second-order valence-electron chi connectivity index (χ2n) is 8.31. The smallest absolute Gasteiger partial charge is 0.174 e. The number of methoxy groups -OCH3 is 1. The van der Waals surface area contributed by atoms with Gasteiger partial charge in [-0.25, -0.2) is 0 Å². The maximum atomic E-state index is 6.51. The lowest BCUT2D eigenvalue weighted by Gasteiger charge is -2.28. The van der Waals surface area contributed by atoms with Gasteiger partial charge in [-0.1, -0.05) is 35.9 Å². The summed E-state index contributed by atoms with van der Waals surface area (Å²) in [7, 11) is 1.61. The summed E-state index contributed by atoms with van der Waals surface area (Å²) in [5.41, 5.74) is 6.45. The molecule has 5 rings (SSSR count). The Kier molecular flexibility index (Phi) is 6.02. The molecule has 0 saturated carbocycles. The Morgan fingerprint density at radius 2 is 1.74 bits per heavy atom. The van der Waals surface area contributed by atoms with Gasteiger partial charge in [0.2, 0.25) is 0 Å². The fraction of sp³-hybridized carbons (Fsp3) is 0.185. The molecule has 0 unspecified atom stereocenters. The van der Waals surface area contributed by atoms with Crippen molar-refractivity contribution >= 4 is 34.6 Å². The first-order valence-corrected chi connectivity index (χ1v) is 11.9. The van der Waals surface area contributed by atoms with Crippen LogP contribution in [-0.2, 0) is 0 Å². The molecule has 1 fully saturated rings. The average molecular weight is 489 g/mol. The van der Waals surface area contributed by atoms with E-state index in [0.29, 0.717) is 15.9 Å². The third kappa shape index (κ3) is 3.83. The first-order valence-electron chi connectivity index (χ1n) is 11.1. The van der Waals surface area contributed by atoms with E-state index in [1.165, 1.54) is 5.56 Å². The molecule has 34 heavy (non-hydrogen) atoms. The van der Waals surface area contributed by atoms with Gasteiger partial charge in [0, 0.05) is 29.0 Å². The third-order valence-corrected chi connectivity index (χ3v) is 6.92. The van der Waals surface area contributed by atoms with Crippen LogP contribution in [0.1, 0.15) is 34.7 Å². The number of hydrogen-bond donors (Lipinski definition) is 1. The lowest BCUT2D eigenvalue weighted by atomic mass is 9.96. The SMILES string of the molecule is COc1ccc(N2C(=S)N[C@@H](c3ccccn3)[C@H]2c2cc(C)n(-c3ccccc3)c2C)cc1Cl. The number of hydrogen-bond acceptors (Lipinski definition) is 3. The largest absolute Gasteiger partial charge is 0.495 e. The number of benzene rings is 2. The van der Waals surface area contributed by atoms with E-state index in [-0.39, 0.29) is 12.1 Å². The quantitative estimate of drug-likeness (QED) is 0.332. The van der Waals surface area contributed by atoms with E-state index in [1.807, 2.05) is 48.7 Å². The molecule has 0 spiro atoms. The van der Waals surface area contributed by atoms with E-state index in [2.05, 4.69) is 63.9 Å². The van der Waals surface area contributed by atoms with Crippen LogP contribution in [-0.4, -0.2) is 21.8 Å². The summed E-state index contributed by atoms with van der Waals surface area (Å²) in [6, 6.07) is 24.1. The van der Waals surface area contributed by atoms with Crippen molar-refractivity contribution < 1.29 is 4.74 Å². The summed E-state index contributed by atoms with van der Waals surface area (Å²) in [4.78, 5) is 6.80. The zero-order chi connectivity index (χ0) is 23.8. The Labute approximate surface area is 210 Å². The lowest BCUT2D eigenvalue weighted by molar-refractivity contribution is 0.415. The topological polar surface area (TPSA) is 42.3 Å². The highest BCUT2D eigenvalue weighted by molar-refractivity contribution is 7.80. The van der Waals surface area contributed by atoms with Crippen LogP contribution < -0.4 is 15.0 Å². The third-order valence-electron chi connectivity index (χ3n) is 6.31. The van der Waals surface area contributed by atoms with Gasteiger partial charge in [-0.2, -0.15) is 0 Å².